The molecular formula is C32H36FN3O6. The van der Waals surface area contributed by atoms with Gasteiger partial charge in [0.2, 0.25) is 0 Å². The molecule has 1 unspecified atom stereocenters. The number of fused-ring (bicyclic) bond motifs is 3. The number of ether oxygens (including phenoxy) is 3. The number of nitrogens with zero attached hydrogens (tertiary/aromatic N) is 2. The summed E-state index contributed by atoms with van der Waals surface area (Å²) < 4.78 is 30.2. The molecular weight excluding hydrogens is 541 g/mol. The smallest absolute Gasteiger partial charge is 0.357 e. The second-order valence-corrected chi connectivity index (χ2v) is 11.0. The number of hydrogen-bond donors (Lipinski definition) is 2. The number of likely N-dealkylation sites (tertiary alicyclic amines) is 1. The van der Waals surface area contributed by atoms with Gasteiger partial charge in [0.05, 0.1) is 29.9 Å². The highest BCUT2D eigenvalue weighted by Crippen LogP contribution is 2.36. The molecule has 0 bridgehead atoms. The molecule has 0 aliphatic carbocycles. The van der Waals surface area contributed by atoms with Gasteiger partial charge in [-0.05, 0) is 76.2 Å². The van der Waals surface area contributed by atoms with Gasteiger partial charge in [0, 0.05) is 41.5 Å². The summed E-state index contributed by atoms with van der Waals surface area (Å²) in [7, 11) is 1.56. The lowest BCUT2D eigenvalue weighted by molar-refractivity contribution is 0.0366. The van der Waals surface area contributed by atoms with Crippen LogP contribution in [0.2, 0.25) is 0 Å². The molecule has 1 saturated heterocycles. The van der Waals surface area contributed by atoms with Crippen LogP contribution in [0, 0.1) is 11.7 Å². The number of hydrogen-bond acceptors (Lipinski definition) is 8. The number of aromatic nitrogens is 2. The number of ketones is 1. The number of nitrogens with one attached hydrogen (secondary N) is 1. The van der Waals surface area contributed by atoms with Crippen LogP contribution in [0.25, 0.3) is 21.8 Å². The number of benzene rings is 2. The zero-order valence-corrected chi connectivity index (χ0v) is 24.1. The first-order valence-corrected chi connectivity index (χ1v) is 14.2. The van der Waals surface area contributed by atoms with E-state index in [2.05, 4.69) is 14.9 Å². The summed E-state index contributed by atoms with van der Waals surface area (Å²) in [6.45, 7) is 5.54. The minimum Gasteiger partial charge on any atom is -0.490 e. The number of aromatic amines is 1. The fourth-order valence-corrected chi connectivity index (χ4v) is 5.59. The van der Waals surface area contributed by atoms with Crippen LogP contribution in [0.4, 0.5) is 4.39 Å². The Labute approximate surface area is 243 Å². The topological polar surface area (TPSA) is 114 Å². The van der Waals surface area contributed by atoms with Gasteiger partial charge in [0.1, 0.15) is 24.3 Å². The van der Waals surface area contributed by atoms with Gasteiger partial charge in [0.15, 0.2) is 11.5 Å². The van der Waals surface area contributed by atoms with E-state index >= 15 is 0 Å². The molecule has 5 rings (SSSR count). The molecule has 3 heterocycles. The van der Waals surface area contributed by atoms with E-state index in [0.29, 0.717) is 49.4 Å². The van der Waals surface area contributed by atoms with E-state index in [-0.39, 0.29) is 42.5 Å². The number of H-pyrrole nitrogens is 1. The molecule has 2 aromatic carbocycles. The predicted molar refractivity (Wildman–Crippen MR) is 156 cm³/mol. The number of piperidine rings is 1. The summed E-state index contributed by atoms with van der Waals surface area (Å²) >= 11 is 0. The number of carbonyl (C=O) groups excluding carboxylic acids is 2. The van der Waals surface area contributed by atoms with Crippen LogP contribution in [-0.4, -0.2) is 77.3 Å². The first kappa shape index (κ1) is 29.6. The quantitative estimate of drug-likeness (QED) is 0.191. The molecule has 0 saturated carbocycles. The number of rotatable bonds is 11. The van der Waals surface area contributed by atoms with Crippen LogP contribution in [-0.2, 0) is 16.1 Å². The normalized spacial score (nSPS) is 15.4. The minimum atomic E-state index is -0.758. The van der Waals surface area contributed by atoms with Crippen molar-refractivity contribution in [3.63, 3.8) is 0 Å². The molecule has 2 aromatic heterocycles. The number of aliphatic hydroxyl groups excluding tert-OH is 1. The molecule has 1 fully saturated rings. The van der Waals surface area contributed by atoms with Gasteiger partial charge in [-0.3, -0.25) is 4.79 Å². The zero-order valence-electron chi connectivity index (χ0n) is 24.1. The number of carbonyl (C=O) groups is 2. The summed E-state index contributed by atoms with van der Waals surface area (Å²) in [6.07, 6.45) is 1.91. The molecule has 0 radical (unpaired) electrons. The van der Waals surface area contributed by atoms with E-state index in [1.807, 2.05) is 18.2 Å². The fourth-order valence-electron chi connectivity index (χ4n) is 5.59. The summed E-state index contributed by atoms with van der Waals surface area (Å²) in [5.41, 5.74) is 2.85. The number of methoxy groups -OCH3 is 1. The Bertz CT molecular complexity index is 1560. The summed E-state index contributed by atoms with van der Waals surface area (Å²) in [4.78, 5) is 35.5. The molecule has 1 atom stereocenters. The highest BCUT2D eigenvalue weighted by molar-refractivity contribution is 6.13. The highest BCUT2D eigenvalue weighted by Gasteiger charge is 2.27. The van der Waals surface area contributed by atoms with Gasteiger partial charge < -0.3 is 29.2 Å². The van der Waals surface area contributed by atoms with E-state index in [1.54, 1.807) is 27.2 Å². The Morgan fingerprint density at radius 2 is 1.83 bits per heavy atom. The monoisotopic (exact) mass is 577 g/mol. The molecule has 0 spiro atoms. The third kappa shape index (κ3) is 6.46. The third-order valence-electron chi connectivity index (χ3n) is 7.54. The van der Waals surface area contributed by atoms with Crippen molar-refractivity contribution in [3.8, 4) is 5.75 Å². The van der Waals surface area contributed by atoms with Crippen molar-refractivity contribution < 1.29 is 33.3 Å². The van der Waals surface area contributed by atoms with Gasteiger partial charge in [-0.25, -0.2) is 14.2 Å². The maximum absolute atomic E-state index is 13.2. The van der Waals surface area contributed by atoms with Crippen LogP contribution in [0.1, 0.15) is 53.1 Å². The van der Waals surface area contributed by atoms with Crippen molar-refractivity contribution >= 4 is 33.6 Å². The maximum Gasteiger partial charge on any atom is 0.357 e. The average molecular weight is 578 g/mol. The van der Waals surface area contributed by atoms with Crippen LogP contribution >= 0.6 is 0 Å². The second kappa shape index (κ2) is 13.0. The third-order valence-corrected chi connectivity index (χ3v) is 7.54. The van der Waals surface area contributed by atoms with E-state index in [4.69, 9.17) is 14.2 Å². The number of halogens is 1. The Kier molecular flexibility index (Phi) is 9.15. The molecule has 4 aromatic rings. The Morgan fingerprint density at radius 3 is 2.52 bits per heavy atom. The standard InChI is InChI=1S/C32H36FN3O6/c1-19(2)42-32(39)30-24(18-40-3)28-26(15-34-30)35-25-5-4-6-27(29(25)28)41-17-23(37)16-36-13-11-21(12-14-36)31(38)20-7-9-22(33)10-8-20/h4-10,15,19,21,23,35,37H,11-14,16-18H2,1-3H3. The molecule has 1 aliphatic heterocycles. The molecule has 0 amide bonds. The van der Waals surface area contributed by atoms with Gasteiger partial charge in [0.25, 0.3) is 0 Å². The van der Waals surface area contributed by atoms with Crippen molar-refractivity contribution in [3.05, 3.63) is 71.3 Å². The number of pyridine rings is 1. The van der Waals surface area contributed by atoms with Crippen molar-refractivity contribution in [2.75, 3.05) is 33.4 Å². The second-order valence-electron chi connectivity index (χ2n) is 11.0. The SMILES string of the molecule is COCc1c(C(=O)OC(C)C)ncc2[nH]c3cccc(OCC(O)CN4CCC(C(=O)c5ccc(F)cc5)CC4)c3c12. The Morgan fingerprint density at radius 1 is 1.10 bits per heavy atom. The Balaban J connectivity index is 1.27. The largest absolute Gasteiger partial charge is 0.490 e. The maximum atomic E-state index is 13.2. The lowest BCUT2D eigenvalue weighted by atomic mass is 9.89. The lowest BCUT2D eigenvalue weighted by Crippen LogP contribution is -2.42. The number of Topliss-reactive ketones (excluding diaryl/α,β-unsaturated/α-hetero) is 1. The molecule has 222 valence electrons. The zero-order chi connectivity index (χ0) is 29.8. The van der Waals surface area contributed by atoms with Crippen LogP contribution in [0.15, 0.2) is 48.7 Å². The Hall–Kier alpha value is -3.86. The number of aliphatic hydroxyl groups is 1. The van der Waals surface area contributed by atoms with Gasteiger partial charge in [-0.1, -0.05) is 6.07 Å². The molecule has 2 N–H and O–H groups in total. The van der Waals surface area contributed by atoms with Gasteiger partial charge >= 0.3 is 5.97 Å². The predicted octanol–water partition coefficient (Wildman–Crippen LogP) is 4.90. The number of β-amino-alcohol motifs (C(OH)–C–C–N with tert-alkyl or cyclic N) is 1. The number of esters is 1. The van der Waals surface area contributed by atoms with Crippen LogP contribution in [0.5, 0.6) is 5.75 Å². The van der Waals surface area contributed by atoms with Crippen molar-refractivity contribution in [2.45, 2.75) is 45.5 Å². The van der Waals surface area contributed by atoms with Crippen molar-refractivity contribution in [2.24, 2.45) is 5.92 Å². The highest BCUT2D eigenvalue weighted by atomic mass is 19.1. The van der Waals surface area contributed by atoms with E-state index < -0.39 is 12.1 Å². The van der Waals surface area contributed by atoms with E-state index in [0.717, 1.165) is 21.8 Å². The van der Waals surface area contributed by atoms with Gasteiger partial charge in [-0.15, -0.1) is 0 Å². The van der Waals surface area contributed by atoms with E-state index in [1.165, 1.54) is 24.3 Å². The van der Waals surface area contributed by atoms with E-state index in [9.17, 15) is 19.1 Å². The summed E-state index contributed by atoms with van der Waals surface area (Å²) in [6, 6.07) is 11.3. The lowest BCUT2D eigenvalue weighted by Gasteiger charge is -2.32. The molecule has 10 heteroatoms. The first-order chi connectivity index (χ1) is 20.2. The molecule has 42 heavy (non-hydrogen) atoms. The van der Waals surface area contributed by atoms with Crippen molar-refractivity contribution in [1.29, 1.82) is 0 Å². The summed E-state index contributed by atoms with van der Waals surface area (Å²) in [5.74, 6) is -0.396. The van der Waals surface area contributed by atoms with Crippen molar-refractivity contribution in [1.82, 2.24) is 14.9 Å². The van der Waals surface area contributed by atoms with Crippen LogP contribution in [0.3, 0.4) is 0 Å². The first-order valence-electron chi connectivity index (χ1n) is 14.2. The molecule has 9 nitrogen and oxygen atoms in total. The summed E-state index contributed by atoms with van der Waals surface area (Å²) in [5, 5.41) is 12.4. The average Bonchev–Trinajstić information content (AvgIpc) is 3.36. The fraction of sp³-hybridized carbons (Fsp3) is 0.406. The molecule has 1 aliphatic rings. The van der Waals surface area contributed by atoms with Gasteiger partial charge in [-0.2, -0.15) is 0 Å². The minimum absolute atomic E-state index is 0.0361. The van der Waals surface area contributed by atoms with Crippen LogP contribution < -0.4 is 4.74 Å².